The Bertz CT molecular complexity index is 1310. The number of carbonyl (C=O) groups is 1. The molecule has 1 aromatic heterocycles. The summed E-state index contributed by atoms with van der Waals surface area (Å²) in [7, 11) is 0. The Balaban J connectivity index is 1.83. The van der Waals surface area contributed by atoms with Gasteiger partial charge in [-0.25, -0.2) is 0 Å². The summed E-state index contributed by atoms with van der Waals surface area (Å²) >= 11 is 6.09. The van der Waals surface area contributed by atoms with Crippen molar-refractivity contribution in [3.63, 3.8) is 0 Å². The van der Waals surface area contributed by atoms with E-state index in [1.165, 1.54) is 12.1 Å². The molecule has 0 spiro atoms. The Hall–Kier alpha value is -3.25. The van der Waals surface area contributed by atoms with Crippen molar-refractivity contribution in [3.8, 4) is 0 Å². The van der Waals surface area contributed by atoms with Crippen LogP contribution in [0.5, 0.6) is 0 Å². The zero-order valence-corrected chi connectivity index (χ0v) is 17.9. The van der Waals surface area contributed by atoms with E-state index in [0.29, 0.717) is 17.6 Å². The molecular weight excluding hydrogens is 414 g/mol. The largest absolute Gasteiger partial charge is 0.358 e. The summed E-state index contributed by atoms with van der Waals surface area (Å²) in [5.74, 6) is -0.369. The molecule has 1 N–H and O–H groups in total. The van der Waals surface area contributed by atoms with Gasteiger partial charge in [-0.05, 0) is 47.2 Å². The molecule has 1 aliphatic heterocycles. The number of carbonyl (C=O) groups excluding carboxylic acids is 1. The summed E-state index contributed by atoms with van der Waals surface area (Å²) in [5, 5.41) is 16.1. The number of nitrogens with one attached hydrogen (secondary N) is 1. The molecule has 156 valence electrons. The maximum absolute atomic E-state index is 13.4. The number of nitrogens with zero attached hydrogens (tertiary/aromatic N) is 2. The number of hydrogen-bond donors (Lipinski definition) is 1. The SMILES string of the molecule is CC1(C)CC(=O)C2=C(C1)Nc1ccc3ncccc3c1C2c1ccc(Cl)c([N+](=O)[O-])c1. The number of pyridine rings is 1. The molecule has 0 bridgehead atoms. The summed E-state index contributed by atoms with van der Waals surface area (Å²) in [6.45, 7) is 4.16. The second-order valence-electron chi connectivity index (χ2n) is 8.96. The van der Waals surface area contributed by atoms with Gasteiger partial charge in [-0.15, -0.1) is 0 Å². The topological polar surface area (TPSA) is 85.1 Å². The number of allylic oxidation sites excluding steroid dienone is 2. The minimum atomic E-state index is -0.487. The van der Waals surface area contributed by atoms with Gasteiger partial charge in [0.25, 0.3) is 5.69 Å². The number of hydrogen-bond acceptors (Lipinski definition) is 5. The van der Waals surface area contributed by atoms with E-state index < -0.39 is 10.8 Å². The lowest BCUT2D eigenvalue weighted by molar-refractivity contribution is -0.384. The maximum Gasteiger partial charge on any atom is 0.288 e. The number of Topliss-reactive ketones (excluding diaryl/α,β-unsaturated/α-hetero) is 1. The Morgan fingerprint density at radius 3 is 2.77 bits per heavy atom. The van der Waals surface area contributed by atoms with E-state index in [9.17, 15) is 14.9 Å². The first-order valence-corrected chi connectivity index (χ1v) is 10.5. The number of benzene rings is 2. The number of nitro benzene ring substituents is 1. The highest BCUT2D eigenvalue weighted by Crippen LogP contribution is 2.51. The quantitative estimate of drug-likeness (QED) is 0.396. The van der Waals surface area contributed by atoms with Crippen LogP contribution in [0.4, 0.5) is 11.4 Å². The first-order chi connectivity index (χ1) is 14.7. The molecule has 1 aliphatic carbocycles. The normalized spacial score (nSPS) is 19.6. The van der Waals surface area contributed by atoms with Gasteiger partial charge in [0, 0.05) is 46.9 Å². The highest BCUT2D eigenvalue weighted by Gasteiger charge is 2.41. The Kier molecular flexibility index (Phi) is 4.38. The van der Waals surface area contributed by atoms with Crippen LogP contribution in [0.1, 0.15) is 43.7 Å². The van der Waals surface area contributed by atoms with Gasteiger partial charge in [-0.2, -0.15) is 0 Å². The zero-order valence-electron chi connectivity index (χ0n) is 17.1. The standard InChI is InChI=1S/C24H20ClN3O3/c1-24(2)11-18-23(20(29)12-24)21(13-5-6-15(25)19(10-13)28(30)31)22-14-4-3-9-26-16(14)7-8-17(22)27-18/h3-10,21,27H,11-12H2,1-2H3. The lowest BCUT2D eigenvalue weighted by atomic mass is 9.68. The second kappa shape index (κ2) is 6.89. The summed E-state index contributed by atoms with van der Waals surface area (Å²) in [6.07, 6.45) is 2.88. The predicted molar refractivity (Wildman–Crippen MR) is 120 cm³/mol. The number of fused-ring (bicyclic) bond motifs is 3. The van der Waals surface area contributed by atoms with Crippen LogP contribution in [0, 0.1) is 15.5 Å². The molecule has 0 amide bonds. The summed E-state index contributed by atoms with van der Waals surface area (Å²) < 4.78 is 0. The molecule has 3 aromatic rings. The van der Waals surface area contributed by atoms with Crippen molar-refractivity contribution in [2.24, 2.45) is 5.41 Å². The van der Waals surface area contributed by atoms with Gasteiger partial charge in [0.05, 0.1) is 10.4 Å². The monoisotopic (exact) mass is 433 g/mol. The third-order valence-electron chi connectivity index (χ3n) is 6.11. The lowest BCUT2D eigenvalue weighted by Crippen LogP contribution is -2.34. The summed E-state index contributed by atoms with van der Waals surface area (Å²) in [5.41, 5.74) is 4.54. The van der Waals surface area contributed by atoms with Gasteiger partial charge in [-0.3, -0.25) is 19.9 Å². The van der Waals surface area contributed by atoms with Gasteiger partial charge in [0.15, 0.2) is 5.78 Å². The van der Waals surface area contributed by atoms with Gasteiger partial charge in [-0.1, -0.05) is 37.6 Å². The Labute approximate surface area is 184 Å². The van der Waals surface area contributed by atoms with Crippen LogP contribution < -0.4 is 5.32 Å². The van der Waals surface area contributed by atoms with Crippen molar-refractivity contribution >= 4 is 39.7 Å². The van der Waals surface area contributed by atoms with Crippen molar-refractivity contribution in [3.05, 3.63) is 86.2 Å². The summed E-state index contributed by atoms with van der Waals surface area (Å²) in [6, 6.07) is 12.6. The molecule has 2 heterocycles. The molecule has 6 nitrogen and oxygen atoms in total. The lowest BCUT2D eigenvalue weighted by Gasteiger charge is -2.39. The van der Waals surface area contributed by atoms with Crippen LogP contribution in [-0.4, -0.2) is 15.7 Å². The molecule has 2 aliphatic rings. The van der Waals surface area contributed by atoms with E-state index in [1.54, 1.807) is 12.3 Å². The van der Waals surface area contributed by atoms with Crippen LogP contribution in [0.3, 0.4) is 0 Å². The first-order valence-electron chi connectivity index (χ1n) is 10.1. The van der Waals surface area contributed by atoms with Crippen molar-refractivity contribution in [2.45, 2.75) is 32.6 Å². The van der Waals surface area contributed by atoms with Crippen LogP contribution in [-0.2, 0) is 4.79 Å². The number of ketones is 1. The number of halogens is 1. The third kappa shape index (κ3) is 3.18. The van der Waals surface area contributed by atoms with E-state index >= 15 is 0 Å². The van der Waals surface area contributed by atoms with Crippen molar-refractivity contribution in [1.29, 1.82) is 0 Å². The Morgan fingerprint density at radius 2 is 2.00 bits per heavy atom. The second-order valence-corrected chi connectivity index (χ2v) is 9.36. The molecule has 2 aromatic carbocycles. The molecule has 0 radical (unpaired) electrons. The predicted octanol–water partition coefficient (Wildman–Crippen LogP) is 6.00. The molecular formula is C24H20ClN3O3. The van der Waals surface area contributed by atoms with E-state index in [-0.39, 0.29) is 21.9 Å². The highest BCUT2D eigenvalue weighted by molar-refractivity contribution is 6.32. The molecule has 1 atom stereocenters. The van der Waals surface area contributed by atoms with Crippen molar-refractivity contribution in [1.82, 2.24) is 4.98 Å². The van der Waals surface area contributed by atoms with Crippen LogP contribution in [0.15, 0.2) is 59.9 Å². The van der Waals surface area contributed by atoms with Gasteiger partial charge in [0.1, 0.15) is 5.02 Å². The van der Waals surface area contributed by atoms with Crippen LogP contribution >= 0.6 is 11.6 Å². The fourth-order valence-electron chi connectivity index (χ4n) is 4.87. The molecule has 31 heavy (non-hydrogen) atoms. The minimum absolute atomic E-state index is 0.0629. The average Bonchev–Trinajstić information content (AvgIpc) is 2.71. The number of anilines is 1. The van der Waals surface area contributed by atoms with Crippen LogP contribution in [0.25, 0.3) is 10.9 Å². The maximum atomic E-state index is 13.4. The van der Waals surface area contributed by atoms with Gasteiger partial charge < -0.3 is 5.32 Å². The van der Waals surface area contributed by atoms with E-state index in [0.717, 1.165) is 34.3 Å². The van der Waals surface area contributed by atoms with E-state index in [2.05, 4.69) is 24.1 Å². The number of aromatic nitrogens is 1. The Morgan fingerprint density at radius 1 is 1.19 bits per heavy atom. The van der Waals surface area contributed by atoms with Gasteiger partial charge in [0.2, 0.25) is 0 Å². The van der Waals surface area contributed by atoms with Crippen molar-refractivity contribution in [2.75, 3.05) is 5.32 Å². The van der Waals surface area contributed by atoms with Crippen molar-refractivity contribution < 1.29 is 9.72 Å². The number of nitro groups is 1. The molecule has 1 unspecified atom stereocenters. The fourth-order valence-corrected chi connectivity index (χ4v) is 5.05. The third-order valence-corrected chi connectivity index (χ3v) is 6.43. The average molecular weight is 434 g/mol. The zero-order chi connectivity index (χ0) is 21.9. The van der Waals surface area contributed by atoms with E-state index in [1.807, 2.05) is 24.3 Å². The molecule has 5 rings (SSSR count). The molecule has 0 fully saturated rings. The fraction of sp³-hybridized carbons (Fsp3) is 0.250. The first kappa shape index (κ1) is 19.7. The molecule has 7 heteroatoms. The van der Waals surface area contributed by atoms with Crippen LogP contribution in [0.2, 0.25) is 5.02 Å². The summed E-state index contributed by atoms with van der Waals surface area (Å²) in [4.78, 5) is 28.9. The number of rotatable bonds is 2. The minimum Gasteiger partial charge on any atom is -0.358 e. The smallest absolute Gasteiger partial charge is 0.288 e. The van der Waals surface area contributed by atoms with Gasteiger partial charge >= 0.3 is 0 Å². The van der Waals surface area contributed by atoms with E-state index in [4.69, 9.17) is 11.6 Å². The molecule has 0 saturated heterocycles. The molecule has 0 saturated carbocycles. The highest BCUT2D eigenvalue weighted by atomic mass is 35.5.